The van der Waals surface area contributed by atoms with Crippen molar-refractivity contribution >= 4 is 17.4 Å². The van der Waals surface area contributed by atoms with Crippen LogP contribution in [-0.2, 0) is 9.53 Å². The van der Waals surface area contributed by atoms with Crippen molar-refractivity contribution in [3.63, 3.8) is 0 Å². The largest absolute Gasteiger partial charge is 0.486 e. The lowest BCUT2D eigenvalue weighted by molar-refractivity contribution is -0.117. The molecule has 0 saturated carbocycles. The number of hydrogen-bond acceptors (Lipinski definition) is 5. The number of nitrogens with two attached hydrogens (primary N) is 1. The Bertz CT molecular complexity index is 445. The maximum atomic E-state index is 11.5. The summed E-state index contributed by atoms with van der Waals surface area (Å²) in [6, 6.07) is 6.78. The van der Waals surface area contributed by atoms with Crippen LogP contribution >= 0.6 is 0 Å². The summed E-state index contributed by atoms with van der Waals surface area (Å²) in [5.74, 6) is 0.436. The predicted octanol–water partition coefficient (Wildman–Crippen LogP) is 1.18. The van der Waals surface area contributed by atoms with Crippen molar-refractivity contribution in [1.82, 2.24) is 0 Å². The molecular formula is C13H19N3O4. The lowest BCUT2D eigenvalue weighted by atomic mass is 10.3. The molecule has 0 aromatic heterocycles. The highest BCUT2D eigenvalue weighted by Crippen LogP contribution is 2.15. The highest BCUT2D eigenvalue weighted by molar-refractivity contribution is 5.90. The van der Waals surface area contributed by atoms with E-state index in [-0.39, 0.29) is 18.3 Å². The van der Waals surface area contributed by atoms with Gasteiger partial charge < -0.3 is 25.7 Å². The van der Waals surface area contributed by atoms with Gasteiger partial charge in [0.2, 0.25) is 5.91 Å². The number of oxime groups is 1. The fourth-order valence-electron chi connectivity index (χ4n) is 1.35. The van der Waals surface area contributed by atoms with E-state index in [1.54, 1.807) is 24.3 Å². The third-order valence-corrected chi connectivity index (χ3v) is 2.33. The van der Waals surface area contributed by atoms with Crippen LogP contribution in [0.4, 0.5) is 5.69 Å². The Morgan fingerprint density at radius 3 is 2.70 bits per heavy atom. The molecule has 7 heteroatoms. The molecule has 1 aromatic rings. The van der Waals surface area contributed by atoms with E-state index < -0.39 is 0 Å². The van der Waals surface area contributed by atoms with Gasteiger partial charge in [0.15, 0.2) is 5.84 Å². The Balaban J connectivity index is 2.40. The van der Waals surface area contributed by atoms with Crippen molar-refractivity contribution in [2.45, 2.75) is 13.3 Å². The molecule has 1 amide bonds. The lowest BCUT2D eigenvalue weighted by Crippen LogP contribution is -2.20. The summed E-state index contributed by atoms with van der Waals surface area (Å²) in [5.41, 5.74) is 5.95. The Morgan fingerprint density at radius 1 is 1.40 bits per heavy atom. The summed E-state index contributed by atoms with van der Waals surface area (Å²) >= 11 is 0. The van der Waals surface area contributed by atoms with E-state index in [2.05, 4.69) is 10.5 Å². The molecule has 0 saturated heterocycles. The maximum absolute atomic E-state index is 11.5. The molecule has 0 heterocycles. The van der Waals surface area contributed by atoms with Gasteiger partial charge in [-0.25, -0.2) is 0 Å². The third kappa shape index (κ3) is 6.05. The van der Waals surface area contributed by atoms with Crippen LogP contribution < -0.4 is 15.8 Å². The first-order valence-electron chi connectivity index (χ1n) is 6.22. The van der Waals surface area contributed by atoms with Crippen molar-refractivity contribution in [3.05, 3.63) is 24.3 Å². The maximum Gasteiger partial charge on any atom is 0.226 e. The Hall–Kier alpha value is -2.28. The SMILES string of the molecule is CCOCCC(=O)Nc1ccc(OCC(N)=NO)cc1. The summed E-state index contributed by atoms with van der Waals surface area (Å²) in [5, 5.41) is 13.9. The van der Waals surface area contributed by atoms with E-state index in [1.165, 1.54) is 0 Å². The first-order valence-corrected chi connectivity index (χ1v) is 6.22. The number of nitrogens with zero attached hydrogens (tertiary/aromatic N) is 1. The number of hydrogen-bond donors (Lipinski definition) is 3. The molecule has 0 aliphatic rings. The Morgan fingerprint density at radius 2 is 2.10 bits per heavy atom. The molecular weight excluding hydrogens is 262 g/mol. The molecule has 1 rings (SSSR count). The molecule has 0 aliphatic heterocycles. The monoisotopic (exact) mass is 281 g/mol. The fourth-order valence-corrected chi connectivity index (χ4v) is 1.35. The number of amides is 1. The number of nitrogens with one attached hydrogen (secondary N) is 1. The van der Waals surface area contributed by atoms with Gasteiger partial charge in [-0.3, -0.25) is 4.79 Å². The van der Waals surface area contributed by atoms with Crippen LogP contribution in [0.5, 0.6) is 5.75 Å². The number of rotatable bonds is 8. The van der Waals surface area contributed by atoms with Gasteiger partial charge in [-0.1, -0.05) is 5.16 Å². The molecule has 110 valence electrons. The molecule has 0 atom stereocenters. The van der Waals surface area contributed by atoms with Gasteiger partial charge in [-0.05, 0) is 31.2 Å². The van der Waals surface area contributed by atoms with E-state index in [0.717, 1.165) is 0 Å². The lowest BCUT2D eigenvalue weighted by Gasteiger charge is -2.08. The van der Waals surface area contributed by atoms with E-state index in [1.807, 2.05) is 6.92 Å². The van der Waals surface area contributed by atoms with Crippen molar-refractivity contribution in [2.24, 2.45) is 10.9 Å². The zero-order chi connectivity index (χ0) is 14.8. The van der Waals surface area contributed by atoms with Crippen LogP contribution in [0.1, 0.15) is 13.3 Å². The smallest absolute Gasteiger partial charge is 0.226 e. The number of carbonyl (C=O) groups is 1. The minimum Gasteiger partial charge on any atom is -0.486 e. The molecule has 7 nitrogen and oxygen atoms in total. The highest BCUT2D eigenvalue weighted by atomic mass is 16.5. The van der Waals surface area contributed by atoms with Gasteiger partial charge in [-0.2, -0.15) is 0 Å². The minimum atomic E-state index is -0.108. The van der Waals surface area contributed by atoms with Crippen LogP contribution in [0.15, 0.2) is 29.4 Å². The fraction of sp³-hybridized carbons (Fsp3) is 0.385. The van der Waals surface area contributed by atoms with Crippen molar-refractivity contribution in [2.75, 3.05) is 25.1 Å². The first kappa shape index (κ1) is 15.8. The quantitative estimate of drug-likeness (QED) is 0.218. The molecule has 0 aliphatic carbocycles. The summed E-state index contributed by atoms with van der Waals surface area (Å²) in [6.07, 6.45) is 0.315. The van der Waals surface area contributed by atoms with Crippen LogP contribution in [0.25, 0.3) is 0 Å². The predicted molar refractivity (Wildman–Crippen MR) is 75.1 cm³/mol. The summed E-state index contributed by atoms with van der Waals surface area (Å²) < 4.78 is 10.4. The molecule has 0 unspecified atom stereocenters. The second-order valence-corrected chi connectivity index (χ2v) is 3.90. The van der Waals surface area contributed by atoms with E-state index in [0.29, 0.717) is 31.1 Å². The first-order chi connectivity index (χ1) is 9.65. The Labute approximate surface area is 117 Å². The number of amidine groups is 1. The normalized spacial score (nSPS) is 11.2. The average Bonchev–Trinajstić information content (AvgIpc) is 2.46. The second kappa shape index (κ2) is 8.76. The summed E-state index contributed by atoms with van der Waals surface area (Å²) in [7, 11) is 0. The number of anilines is 1. The second-order valence-electron chi connectivity index (χ2n) is 3.90. The molecule has 0 radical (unpaired) electrons. The van der Waals surface area contributed by atoms with E-state index in [9.17, 15) is 4.79 Å². The molecule has 1 aromatic carbocycles. The van der Waals surface area contributed by atoms with Gasteiger partial charge in [0.1, 0.15) is 12.4 Å². The zero-order valence-corrected chi connectivity index (χ0v) is 11.3. The van der Waals surface area contributed by atoms with Crippen LogP contribution in [-0.4, -0.2) is 36.8 Å². The molecule has 4 N–H and O–H groups in total. The van der Waals surface area contributed by atoms with Gasteiger partial charge in [0.05, 0.1) is 13.0 Å². The van der Waals surface area contributed by atoms with Gasteiger partial charge in [0, 0.05) is 12.3 Å². The van der Waals surface area contributed by atoms with Crippen LogP contribution in [0.2, 0.25) is 0 Å². The van der Waals surface area contributed by atoms with E-state index in [4.69, 9.17) is 20.4 Å². The number of benzene rings is 1. The van der Waals surface area contributed by atoms with Crippen molar-refractivity contribution in [3.8, 4) is 5.75 Å². The average molecular weight is 281 g/mol. The van der Waals surface area contributed by atoms with E-state index >= 15 is 0 Å². The van der Waals surface area contributed by atoms with Crippen LogP contribution in [0.3, 0.4) is 0 Å². The number of carbonyl (C=O) groups excluding carboxylic acids is 1. The van der Waals surface area contributed by atoms with Crippen molar-refractivity contribution < 1.29 is 19.5 Å². The molecule has 0 bridgehead atoms. The molecule has 20 heavy (non-hydrogen) atoms. The van der Waals surface area contributed by atoms with Gasteiger partial charge in [0.25, 0.3) is 0 Å². The van der Waals surface area contributed by atoms with Gasteiger partial charge >= 0.3 is 0 Å². The standard InChI is InChI=1S/C13H19N3O4/c1-2-19-8-7-13(17)15-10-3-5-11(6-4-10)20-9-12(14)16-18/h3-6,18H,2,7-9H2,1H3,(H2,14,16)(H,15,17). The number of ether oxygens (including phenoxy) is 2. The Kier molecular flexibility index (Phi) is 6.91. The summed E-state index contributed by atoms with van der Waals surface area (Å²) in [6.45, 7) is 2.88. The zero-order valence-electron chi connectivity index (χ0n) is 11.3. The van der Waals surface area contributed by atoms with Crippen molar-refractivity contribution in [1.29, 1.82) is 0 Å². The third-order valence-electron chi connectivity index (χ3n) is 2.33. The van der Waals surface area contributed by atoms with Crippen LogP contribution in [0, 0.1) is 0 Å². The summed E-state index contributed by atoms with van der Waals surface area (Å²) in [4.78, 5) is 11.5. The highest BCUT2D eigenvalue weighted by Gasteiger charge is 2.03. The molecule has 0 fully saturated rings. The topological polar surface area (TPSA) is 106 Å². The molecule has 0 spiro atoms. The van der Waals surface area contributed by atoms with Gasteiger partial charge in [-0.15, -0.1) is 0 Å². The minimum absolute atomic E-state index is 0.00341.